The quantitative estimate of drug-likeness (QED) is 0.867. The summed E-state index contributed by atoms with van der Waals surface area (Å²) in [6.07, 6.45) is -1.95. The van der Waals surface area contributed by atoms with Crippen LogP contribution in [0.5, 0.6) is 0 Å². The largest absolute Gasteiger partial charge is 0.449 e. The van der Waals surface area contributed by atoms with Crippen molar-refractivity contribution in [2.45, 2.75) is 13.8 Å². The maximum atomic E-state index is 12.2. The Morgan fingerprint density at radius 1 is 1.10 bits per heavy atom. The molecule has 0 bridgehead atoms. The highest BCUT2D eigenvalue weighted by molar-refractivity contribution is 6.30. The second-order valence-corrected chi connectivity index (χ2v) is 4.12. The molecule has 0 saturated heterocycles. The van der Waals surface area contributed by atoms with E-state index >= 15 is 0 Å². The number of hydrazine groups is 1. The number of imide groups is 1. The Balaban J connectivity index is 2.93. The number of nitrogens with one attached hydrogen (secondary N) is 1. The Labute approximate surface area is 126 Å². The summed E-state index contributed by atoms with van der Waals surface area (Å²) in [5.41, 5.74) is 2.19. The Morgan fingerprint density at radius 3 is 2.19 bits per heavy atom. The third-order valence-corrected chi connectivity index (χ3v) is 2.48. The first-order chi connectivity index (χ1) is 9.99. The van der Waals surface area contributed by atoms with Gasteiger partial charge in [0.1, 0.15) is 0 Å². The number of carbonyl (C=O) groups is 3. The van der Waals surface area contributed by atoms with E-state index < -0.39 is 18.1 Å². The molecule has 7 nitrogen and oxygen atoms in total. The van der Waals surface area contributed by atoms with Crippen LogP contribution in [0, 0.1) is 0 Å². The summed E-state index contributed by atoms with van der Waals surface area (Å²) in [6, 6.07) is 5.82. The molecular formula is C13H15ClN2O5. The highest BCUT2D eigenvalue weighted by Gasteiger charge is 2.26. The zero-order chi connectivity index (χ0) is 15.8. The van der Waals surface area contributed by atoms with Crippen LogP contribution in [-0.2, 0) is 9.47 Å². The number of halogens is 1. The first kappa shape index (κ1) is 16.8. The van der Waals surface area contributed by atoms with Crippen LogP contribution >= 0.6 is 11.6 Å². The van der Waals surface area contributed by atoms with Crippen molar-refractivity contribution >= 4 is 29.7 Å². The van der Waals surface area contributed by atoms with Gasteiger partial charge in [0, 0.05) is 10.6 Å². The summed E-state index contributed by atoms with van der Waals surface area (Å²) in [5.74, 6) is -0.766. The van der Waals surface area contributed by atoms with Gasteiger partial charge in [-0.1, -0.05) is 11.6 Å². The summed E-state index contributed by atoms with van der Waals surface area (Å²) < 4.78 is 9.35. The van der Waals surface area contributed by atoms with Crippen LogP contribution in [0.4, 0.5) is 9.59 Å². The van der Waals surface area contributed by atoms with Crippen LogP contribution in [0.25, 0.3) is 0 Å². The molecule has 0 aliphatic heterocycles. The molecule has 0 aromatic heterocycles. The van der Waals surface area contributed by atoms with E-state index in [1.54, 1.807) is 13.8 Å². The highest BCUT2D eigenvalue weighted by atomic mass is 35.5. The lowest BCUT2D eigenvalue weighted by Crippen LogP contribution is -2.50. The summed E-state index contributed by atoms with van der Waals surface area (Å²) in [6.45, 7) is 3.31. The number of nitrogens with zero attached hydrogens (tertiary/aromatic N) is 1. The van der Waals surface area contributed by atoms with Crippen LogP contribution in [0.1, 0.15) is 24.2 Å². The molecule has 114 valence electrons. The van der Waals surface area contributed by atoms with E-state index in [2.05, 4.69) is 4.74 Å². The van der Waals surface area contributed by atoms with Gasteiger partial charge < -0.3 is 9.47 Å². The monoisotopic (exact) mass is 314 g/mol. The molecule has 8 heteroatoms. The van der Waals surface area contributed by atoms with Gasteiger partial charge in [-0.15, -0.1) is 5.01 Å². The van der Waals surface area contributed by atoms with Crippen molar-refractivity contribution in [1.82, 2.24) is 10.4 Å². The zero-order valence-corrected chi connectivity index (χ0v) is 12.3. The first-order valence-corrected chi connectivity index (χ1v) is 6.57. The first-order valence-electron chi connectivity index (χ1n) is 6.19. The Kier molecular flexibility index (Phi) is 6.48. The topological polar surface area (TPSA) is 84.9 Å². The van der Waals surface area contributed by atoms with Gasteiger partial charge in [0.2, 0.25) is 0 Å². The average molecular weight is 315 g/mol. The van der Waals surface area contributed by atoms with E-state index in [0.29, 0.717) is 10.0 Å². The lowest BCUT2D eigenvalue weighted by Gasteiger charge is -2.20. The molecule has 0 radical (unpaired) electrons. The molecule has 0 saturated carbocycles. The lowest BCUT2D eigenvalue weighted by atomic mass is 10.2. The minimum absolute atomic E-state index is 0.0493. The van der Waals surface area contributed by atoms with Crippen molar-refractivity contribution in [3.05, 3.63) is 34.9 Å². The fourth-order valence-electron chi connectivity index (χ4n) is 1.34. The third kappa shape index (κ3) is 4.96. The van der Waals surface area contributed by atoms with Crippen molar-refractivity contribution in [2.24, 2.45) is 0 Å². The van der Waals surface area contributed by atoms with Crippen LogP contribution in [-0.4, -0.2) is 36.3 Å². The van der Waals surface area contributed by atoms with Gasteiger partial charge >= 0.3 is 12.2 Å². The van der Waals surface area contributed by atoms with Crippen LogP contribution in [0.15, 0.2) is 24.3 Å². The zero-order valence-electron chi connectivity index (χ0n) is 11.6. The molecule has 0 heterocycles. The minimum atomic E-state index is -1.01. The number of rotatable bonds is 3. The lowest BCUT2D eigenvalue weighted by molar-refractivity contribution is 0.0521. The Morgan fingerprint density at radius 2 is 1.67 bits per heavy atom. The molecule has 0 atom stereocenters. The maximum Gasteiger partial charge on any atom is 0.436 e. The van der Waals surface area contributed by atoms with Crippen molar-refractivity contribution in [3.8, 4) is 0 Å². The fraction of sp³-hybridized carbons (Fsp3) is 0.308. The van der Waals surface area contributed by atoms with Gasteiger partial charge in [0.25, 0.3) is 5.91 Å². The number of amides is 3. The smallest absolute Gasteiger partial charge is 0.436 e. The van der Waals surface area contributed by atoms with Gasteiger partial charge in [0.15, 0.2) is 0 Å². The molecule has 1 rings (SSSR count). The van der Waals surface area contributed by atoms with Gasteiger partial charge in [-0.3, -0.25) is 4.79 Å². The molecule has 1 N–H and O–H groups in total. The van der Waals surface area contributed by atoms with Gasteiger partial charge in [-0.2, -0.15) is 0 Å². The number of ether oxygens (including phenoxy) is 2. The third-order valence-electron chi connectivity index (χ3n) is 2.22. The highest BCUT2D eigenvalue weighted by Crippen LogP contribution is 2.11. The molecule has 3 amide bonds. The Bertz CT molecular complexity index is 518. The molecule has 0 fully saturated rings. The minimum Gasteiger partial charge on any atom is -0.449 e. The van der Waals surface area contributed by atoms with E-state index in [-0.39, 0.29) is 18.8 Å². The van der Waals surface area contributed by atoms with Crippen LogP contribution < -0.4 is 5.43 Å². The second kappa shape index (κ2) is 8.11. The van der Waals surface area contributed by atoms with Gasteiger partial charge in [0.05, 0.1) is 13.2 Å². The van der Waals surface area contributed by atoms with Crippen molar-refractivity contribution < 1.29 is 23.9 Å². The molecule has 0 spiro atoms. The van der Waals surface area contributed by atoms with E-state index in [1.807, 2.05) is 5.43 Å². The average Bonchev–Trinajstić information content (AvgIpc) is 2.45. The van der Waals surface area contributed by atoms with Gasteiger partial charge in [-0.25, -0.2) is 15.0 Å². The fourth-order valence-corrected chi connectivity index (χ4v) is 1.47. The van der Waals surface area contributed by atoms with E-state index in [4.69, 9.17) is 16.3 Å². The molecule has 21 heavy (non-hydrogen) atoms. The van der Waals surface area contributed by atoms with E-state index in [0.717, 1.165) is 0 Å². The Hall–Kier alpha value is -2.28. The predicted molar refractivity (Wildman–Crippen MR) is 74.8 cm³/mol. The molecule has 0 aliphatic rings. The number of hydrogen-bond acceptors (Lipinski definition) is 5. The number of hydrogen-bond donors (Lipinski definition) is 1. The molecular weight excluding hydrogens is 300 g/mol. The number of benzene rings is 1. The standard InChI is InChI=1S/C13H15ClN2O5/c1-3-20-12(18)15-16(13(19)21-4-2)11(17)9-5-7-10(14)8-6-9/h5-8H,3-4H2,1-2H3,(H,15,18). The SMILES string of the molecule is CCOC(=O)NN(C(=O)OCC)C(=O)c1ccc(Cl)cc1. The molecule has 0 unspecified atom stereocenters. The van der Waals surface area contributed by atoms with Crippen molar-refractivity contribution in [1.29, 1.82) is 0 Å². The van der Waals surface area contributed by atoms with E-state index in [9.17, 15) is 14.4 Å². The van der Waals surface area contributed by atoms with Crippen molar-refractivity contribution in [2.75, 3.05) is 13.2 Å². The molecule has 1 aromatic rings. The summed E-state index contributed by atoms with van der Waals surface area (Å²) >= 11 is 5.73. The summed E-state index contributed by atoms with van der Waals surface area (Å²) in [5, 5.41) is 0.887. The second-order valence-electron chi connectivity index (χ2n) is 3.68. The summed E-state index contributed by atoms with van der Waals surface area (Å²) in [7, 11) is 0. The van der Waals surface area contributed by atoms with Gasteiger partial charge in [-0.05, 0) is 38.1 Å². The molecule has 0 aliphatic carbocycles. The van der Waals surface area contributed by atoms with Crippen LogP contribution in [0.3, 0.4) is 0 Å². The summed E-state index contributed by atoms with van der Waals surface area (Å²) in [4.78, 5) is 35.4. The number of carbonyl (C=O) groups excluding carboxylic acids is 3. The maximum absolute atomic E-state index is 12.2. The van der Waals surface area contributed by atoms with Crippen molar-refractivity contribution in [3.63, 3.8) is 0 Å². The predicted octanol–water partition coefficient (Wildman–Crippen LogP) is 2.60. The van der Waals surface area contributed by atoms with E-state index in [1.165, 1.54) is 24.3 Å². The van der Waals surface area contributed by atoms with Crippen LogP contribution in [0.2, 0.25) is 5.02 Å². The normalized spacial score (nSPS) is 9.67. The molecule has 1 aromatic carbocycles.